The van der Waals surface area contributed by atoms with Crippen LogP contribution in [-0.2, 0) is 11.2 Å². The maximum atomic E-state index is 12.1. The van der Waals surface area contributed by atoms with E-state index in [0.717, 1.165) is 28.8 Å². The zero-order chi connectivity index (χ0) is 16.2. The quantitative estimate of drug-likeness (QED) is 0.762. The molecular weight excluding hydrogens is 306 g/mol. The van der Waals surface area contributed by atoms with Gasteiger partial charge in [-0.2, -0.15) is 4.98 Å². The topological polar surface area (TPSA) is 54.9 Å². The van der Waals surface area contributed by atoms with E-state index in [1.54, 1.807) is 0 Å². The predicted octanol–water partition coefficient (Wildman–Crippen LogP) is 4.27. The van der Waals surface area contributed by atoms with Crippen LogP contribution in [-0.4, -0.2) is 15.9 Å². The summed E-state index contributed by atoms with van der Waals surface area (Å²) in [6.45, 7) is 3.99. The molecular formula is C18H19N3OS. The highest BCUT2D eigenvalue weighted by Crippen LogP contribution is 2.28. The Labute approximate surface area is 139 Å². The van der Waals surface area contributed by atoms with Crippen molar-refractivity contribution >= 4 is 32.7 Å². The van der Waals surface area contributed by atoms with E-state index in [1.807, 2.05) is 38.1 Å². The minimum Gasteiger partial charge on any atom is -0.302 e. The Kier molecular flexibility index (Phi) is 4.67. The molecule has 2 aromatic heterocycles. The van der Waals surface area contributed by atoms with Crippen LogP contribution in [0.4, 0.5) is 5.13 Å². The number of aryl methyl sites for hydroxylation is 3. The van der Waals surface area contributed by atoms with Gasteiger partial charge in [0.2, 0.25) is 5.91 Å². The molecule has 0 atom stereocenters. The molecule has 0 saturated carbocycles. The fraction of sp³-hybridized carbons (Fsp3) is 0.278. The number of rotatable bonds is 5. The van der Waals surface area contributed by atoms with E-state index in [2.05, 4.69) is 27.4 Å². The van der Waals surface area contributed by atoms with E-state index in [4.69, 9.17) is 0 Å². The number of nitrogens with one attached hydrogen (secondary N) is 1. The van der Waals surface area contributed by atoms with Crippen LogP contribution < -0.4 is 5.32 Å². The zero-order valence-electron chi connectivity index (χ0n) is 13.3. The number of nitrogens with zero attached hydrogens (tertiary/aromatic N) is 2. The van der Waals surface area contributed by atoms with Gasteiger partial charge in [0.15, 0.2) is 10.8 Å². The van der Waals surface area contributed by atoms with E-state index in [-0.39, 0.29) is 5.91 Å². The molecule has 0 fully saturated rings. The number of amides is 1. The molecule has 0 unspecified atom stereocenters. The standard InChI is InChI=1S/C18H19N3OS/c1-12-11-13(2)19-17-16(12)23-18(21-17)20-15(22)10-6-9-14-7-4-3-5-8-14/h3-5,7-8,11H,6,9-10H2,1-2H3,(H,19,20,21,22). The number of carbonyl (C=O) groups excluding carboxylic acids is 1. The number of fused-ring (bicyclic) bond motifs is 1. The molecule has 0 aliphatic carbocycles. The summed E-state index contributed by atoms with van der Waals surface area (Å²) in [5.41, 5.74) is 4.07. The van der Waals surface area contributed by atoms with Crippen molar-refractivity contribution in [2.75, 3.05) is 5.32 Å². The van der Waals surface area contributed by atoms with Crippen molar-refractivity contribution < 1.29 is 4.79 Å². The van der Waals surface area contributed by atoms with Crippen LogP contribution in [0.15, 0.2) is 36.4 Å². The van der Waals surface area contributed by atoms with Crippen LogP contribution in [0, 0.1) is 13.8 Å². The van der Waals surface area contributed by atoms with Gasteiger partial charge in [-0.15, -0.1) is 0 Å². The average molecular weight is 325 g/mol. The van der Waals surface area contributed by atoms with Crippen molar-refractivity contribution in [3.8, 4) is 0 Å². The van der Waals surface area contributed by atoms with Gasteiger partial charge in [0.1, 0.15) is 0 Å². The molecule has 5 heteroatoms. The van der Waals surface area contributed by atoms with Crippen LogP contribution in [0.1, 0.15) is 29.7 Å². The van der Waals surface area contributed by atoms with Gasteiger partial charge in [-0.25, -0.2) is 4.98 Å². The van der Waals surface area contributed by atoms with E-state index < -0.39 is 0 Å². The van der Waals surface area contributed by atoms with Gasteiger partial charge < -0.3 is 5.32 Å². The van der Waals surface area contributed by atoms with Crippen molar-refractivity contribution in [3.05, 3.63) is 53.2 Å². The number of hydrogen-bond acceptors (Lipinski definition) is 4. The second kappa shape index (κ2) is 6.87. The van der Waals surface area contributed by atoms with Gasteiger partial charge in [0, 0.05) is 12.1 Å². The van der Waals surface area contributed by atoms with Gasteiger partial charge in [-0.1, -0.05) is 41.7 Å². The molecule has 23 heavy (non-hydrogen) atoms. The smallest absolute Gasteiger partial charge is 0.226 e. The first-order valence-corrected chi connectivity index (χ1v) is 8.52. The van der Waals surface area contributed by atoms with Crippen LogP contribution in [0.5, 0.6) is 0 Å². The number of hydrogen-bond donors (Lipinski definition) is 1. The number of thiazole rings is 1. The van der Waals surface area contributed by atoms with Crippen molar-refractivity contribution in [1.82, 2.24) is 9.97 Å². The highest BCUT2D eigenvalue weighted by molar-refractivity contribution is 7.22. The minimum absolute atomic E-state index is 0.00867. The second-order valence-corrected chi connectivity index (χ2v) is 6.64. The fourth-order valence-electron chi connectivity index (χ4n) is 2.56. The first-order valence-electron chi connectivity index (χ1n) is 7.70. The van der Waals surface area contributed by atoms with Gasteiger partial charge in [-0.05, 0) is 43.9 Å². The Morgan fingerprint density at radius 2 is 1.96 bits per heavy atom. The lowest BCUT2D eigenvalue weighted by atomic mass is 10.1. The van der Waals surface area contributed by atoms with Gasteiger partial charge in [-0.3, -0.25) is 4.79 Å². The highest BCUT2D eigenvalue weighted by atomic mass is 32.1. The molecule has 1 amide bonds. The Hall–Kier alpha value is -2.27. The van der Waals surface area contributed by atoms with E-state index in [0.29, 0.717) is 17.2 Å². The maximum absolute atomic E-state index is 12.1. The molecule has 1 N–H and O–H groups in total. The summed E-state index contributed by atoms with van der Waals surface area (Å²) in [6.07, 6.45) is 2.24. The van der Waals surface area contributed by atoms with Gasteiger partial charge in [0.25, 0.3) is 0 Å². The molecule has 0 spiro atoms. The first-order chi connectivity index (χ1) is 11.1. The number of carbonyl (C=O) groups is 1. The monoisotopic (exact) mass is 325 g/mol. The van der Waals surface area contributed by atoms with Gasteiger partial charge in [0.05, 0.1) is 4.70 Å². The normalized spacial score (nSPS) is 10.9. The number of aromatic nitrogens is 2. The molecule has 1 aromatic carbocycles. The summed E-state index contributed by atoms with van der Waals surface area (Å²) in [7, 11) is 0. The lowest BCUT2D eigenvalue weighted by Gasteiger charge is -2.02. The van der Waals surface area contributed by atoms with Crippen molar-refractivity contribution in [3.63, 3.8) is 0 Å². The molecule has 0 saturated heterocycles. The summed E-state index contributed by atoms with van der Waals surface area (Å²) in [5.74, 6) is 0.00867. The van der Waals surface area contributed by atoms with Crippen molar-refractivity contribution in [1.29, 1.82) is 0 Å². The van der Waals surface area contributed by atoms with E-state index >= 15 is 0 Å². The Balaban J connectivity index is 1.58. The Morgan fingerprint density at radius 3 is 2.74 bits per heavy atom. The summed E-state index contributed by atoms with van der Waals surface area (Å²) >= 11 is 1.49. The molecule has 2 heterocycles. The lowest BCUT2D eigenvalue weighted by Crippen LogP contribution is -2.11. The zero-order valence-corrected chi connectivity index (χ0v) is 14.1. The molecule has 3 aromatic rings. The molecule has 118 valence electrons. The highest BCUT2D eigenvalue weighted by Gasteiger charge is 2.10. The number of benzene rings is 1. The molecule has 0 aliphatic rings. The average Bonchev–Trinajstić information content (AvgIpc) is 2.91. The number of pyridine rings is 1. The van der Waals surface area contributed by atoms with Crippen LogP contribution in [0.3, 0.4) is 0 Å². The Morgan fingerprint density at radius 1 is 1.17 bits per heavy atom. The Bertz CT molecular complexity index is 827. The van der Waals surface area contributed by atoms with Crippen LogP contribution in [0.2, 0.25) is 0 Å². The fourth-order valence-corrected chi connectivity index (χ4v) is 3.45. The lowest BCUT2D eigenvalue weighted by molar-refractivity contribution is -0.116. The SMILES string of the molecule is Cc1cc(C)c2sc(NC(=O)CCCc3ccccc3)nc2n1. The summed E-state index contributed by atoms with van der Waals surface area (Å²) in [4.78, 5) is 20.9. The van der Waals surface area contributed by atoms with Gasteiger partial charge >= 0.3 is 0 Å². The summed E-state index contributed by atoms with van der Waals surface area (Å²) in [6, 6.07) is 12.2. The predicted molar refractivity (Wildman–Crippen MR) is 94.9 cm³/mol. The maximum Gasteiger partial charge on any atom is 0.226 e. The van der Waals surface area contributed by atoms with E-state index in [9.17, 15) is 4.79 Å². The summed E-state index contributed by atoms with van der Waals surface area (Å²) < 4.78 is 1.04. The largest absolute Gasteiger partial charge is 0.302 e. The number of anilines is 1. The third kappa shape index (κ3) is 3.93. The molecule has 0 bridgehead atoms. The van der Waals surface area contributed by atoms with Crippen molar-refractivity contribution in [2.24, 2.45) is 0 Å². The molecule has 0 aliphatic heterocycles. The molecule has 3 rings (SSSR count). The third-order valence-electron chi connectivity index (χ3n) is 3.63. The first kappa shape index (κ1) is 15.6. The summed E-state index contributed by atoms with van der Waals surface area (Å²) in [5, 5.41) is 3.52. The van der Waals surface area contributed by atoms with Crippen LogP contribution in [0.25, 0.3) is 10.3 Å². The van der Waals surface area contributed by atoms with Crippen LogP contribution >= 0.6 is 11.3 Å². The second-order valence-electron chi connectivity index (χ2n) is 5.64. The minimum atomic E-state index is 0.00867. The molecule has 4 nitrogen and oxygen atoms in total. The van der Waals surface area contributed by atoms with E-state index in [1.165, 1.54) is 16.9 Å². The van der Waals surface area contributed by atoms with Crippen molar-refractivity contribution in [2.45, 2.75) is 33.1 Å². The molecule has 0 radical (unpaired) electrons. The third-order valence-corrected chi connectivity index (χ3v) is 4.73.